The van der Waals surface area contributed by atoms with Crippen molar-refractivity contribution < 1.29 is 22.7 Å². The number of carbonyl (C=O) groups excluding carboxylic acids is 1. The number of halogens is 4. The highest BCUT2D eigenvalue weighted by Crippen LogP contribution is 2.22. The number of hydrogen-bond acceptors (Lipinski definition) is 3. The minimum atomic E-state index is -4.36. The zero-order chi connectivity index (χ0) is 14.6. The smallest absolute Gasteiger partial charge is 0.410 e. The van der Waals surface area contributed by atoms with Gasteiger partial charge < -0.3 is 15.0 Å². The van der Waals surface area contributed by atoms with E-state index in [1.807, 2.05) is 6.07 Å². The molecule has 4 nitrogen and oxygen atoms in total. The van der Waals surface area contributed by atoms with Crippen molar-refractivity contribution in [2.24, 2.45) is 0 Å². The van der Waals surface area contributed by atoms with Gasteiger partial charge in [0.15, 0.2) is 0 Å². The molecule has 118 valence electrons. The largest absolute Gasteiger partial charge is 0.445 e. The van der Waals surface area contributed by atoms with E-state index in [1.165, 1.54) is 0 Å². The molecule has 1 aliphatic rings. The van der Waals surface area contributed by atoms with Crippen molar-refractivity contribution in [1.29, 1.82) is 0 Å². The van der Waals surface area contributed by atoms with Gasteiger partial charge in [-0.3, -0.25) is 0 Å². The molecule has 1 N–H and O–H groups in total. The summed E-state index contributed by atoms with van der Waals surface area (Å²) >= 11 is 0. The Morgan fingerprint density at radius 3 is 2.62 bits per heavy atom. The summed E-state index contributed by atoms with van der Waals surface area (Å²) in [5, 5.41) is 2.34. The third-order valence-electron chi connectivity index (χ3n) is 3.03. The van der Waals surface area contributed by atoms with E-state index in [1.54, 1.807) is 24.3 Å². The van der Waals surface area contributed by atoms with Gasteiger partial charge in [-0.2, -0.15) is 13.2 Å². The van der Waals surface area contributed by atoms with E-state index in [0.717, 1.165) is 10.5 Å². The molecule has 0 aliphatic carbocycles. The molecule has 21 heavy (non-hydrogen) atoms. The van der Waals surface area contributed by atoms with E-state index in [2.05, 4.69) is 5.32 Å². The standard InChI is InChI=1S/C13H15F3N2O2.ClH/c14-13(15,16)11-8-18(7-6-17-11)12(19)20-9-10-4-2-1-3-5-10;/h1-5,11,17H,6-9H2;1H. The summed E-state index contributed by atoms with van der Waals surface area (Å²) < 4.78 is 42.8. The van der Waals surface area contributed by atoms with E-state index >= 15 is 0 Å². The minimum Gasteiger partial charge on any atom is -0.445 e. The summed E-state index contributed by atoms with van der Waals surface area (Å²) in [5.74, 6) is 0. The highest BCUT2D eigenvalue weighted by molar-refractivity contribution is 5.85. The lowest BCUT2D eigenvalue weighted by Gasteiger charge is -2.33. The van der Waals surface area contributed by atoms with E-state index in [9.17, 15) is 18.0 Å². The third-order valence-corrected chi connectivity index (χ3v) is 3.03. The number of amides is 1. The minimum absolute atomic E-state index is 0. The van der Waals surface area contributed by atoms with Gasteiger partial charge in [-0.1, -0.05) is 30.3 Å². The van der Waals surface area contributed by atoms with E-state index < -0.39 is 24.9 Å². The van der Waals surface area contributed by atoms with Gasteiger partial charge in [0.25, 0.3) is 0 Å². The average molecular weight is 325 g/mol. The van der Waals surface area contributed by atoms with Gasteiger partial charge in [-0.25, -0.2) is 4.79 Å². The molecule has 1 amide bonds. The number of benzene rings is 1. The molecular weight excluding hydrogens is 309 g/mol. The topological polar surface area (TPSA) is 41.6 Å². The van der Waals surface area contributed by atoms with Crippen LogP contribution in [0.1, 0.15) is 5.56 Å². The van der Waals surface area contributed by atoms with Crippen molar-refractivity contribution in [3.05, 3.63) is 35.9 Å². The SMILES string of the molecule is Cl.O=C(OCc1ccccc1)N1CCNC(C(F)(F)F)C1. The molecule has 1 aromatic carbocycles. The molecule has 0 aromatic heterocycles. The van der Waals surface area contributed by atoms with Crippen molar-refractivity contribution in [1.82, 2.24) is 10.2 Å². The molecule has 1 heterocycles. The average Bonchev–Trinajstić information content (AvgIpc) is 2.45. The fraction of sp³-hybridized carbons (Fsp3) is 0.462. The molecule has 0 spiro atoms. The number of ether oxygens (including phenoxy) is 1. The van der Waals surface area contributed by atoms with Gasteiger partial charge in [-0.05, 0) is 5.56 Å². The van der Waals surface area contributed by atoms with Crippen LogP contribution in [0.4, 0.5) is 18.0 Å². The zero-order valence-corrected chi connectivity index (χ0v) is 11.9. The van der Waals surface area contributed by atoms with Gasteiger partial charge >= 0.3 is 12.3 Å². The second-order valence-corrected chi connectivity index (χ2v) is 4.53. The fourth-order valence-electron chi connectivity index (χ4n) is 1.95. The van der Waals surface area contributed by atoms with E-state index in [4.69, 9.17) is 4.74 Å². The summed E-state index contributed by atoms with van der Waals surface area (Å²) in [7, 11) is 0. The number of piperazine rings is 1. The molecule has 1 atom stereocenters. The molecule has 8 heteroatoms. The van der Waals surface area contributed by atoms with Crippen molar-refractivity contribution >= 4 is 18.5 Å². The first-order valence-corrected chi connectivity index (χ1v) is 6.22. The Kier molecular flexibility index (Phi) is 6.29. The first-order valence-electron chi connectivity index (χ1n) is 6.22. The Bertz CT molecular complexity index is 456. The molecule has 1 saturated heterocycles. The van der Waals surface area contributed by atoms with E-state index in [-0.39, 0.29) is 32.1 Å². The quantitative estimate of drug-likeness (QED) is 0.909. The normalized spacial score (nSPS) is 18.8. The first kappa shape index (κ1) is 17.6. The van der Waals surface area contributed by atoms with Crippen LogP contribution in [-0.4, -0.2) is 42.8 Å². The second-order valence-electron chi connectivity index (χ2n) is 4.53. The molecule has 1 aromatic rings. The third kappa shape index (κ3) is 5.09. The van der Waals surface area contributed by atoms with Crippen molar-refractivity contribution in [3.63, 3.8) is 0 Å². The molecule has 1 unspecified atom stereocenters. The highest BCUT2D eigenvalue weighted by Gasteiger charge is 2.43. The summed E-state index contributed by atoms with van der Waals surface area (Å²) in [6, 6.07) is 7.30. The molecule has 1 aliphatic heterocycles. The van der Waals surface area contributed by atoms with Crippen LogP contribution in [0.3, 0.4) is 0 Å². The van der Waals surface area contributed by atoms with Crippen LogP contribution in [0, 0.1) is 0 Å². The van der Waals surface area contributed by atoms with Gasteiger partial charge in [0.1, 0.15) is 12.6 Å². The molecule has 2 rings (SSSR count). The molecular formula is C13H16ClF3N2O2. The number of nitrogens with one attached hydrogen (secondary N) is 1. The summed E-state index contributed by atoms with van der Waals surface area (Å²) in [5.41, 5.74) is 0.795. The van der Waals surface area contributed by atoms with Crippen molar-refractivity contribution in [2.75, 3.05) is 19.6 Å². The first-order chi connectivity index (χ1) is 9.47. The lowest BCUT2D eigenvalue weighted by Crippen LogP contribution is -2.58. The van der Waals surface area contributed by atoms with Gasteiger partial charge in [-0.15, -0.1) is 12.4 Å². The summed E-state index contributed by atoms with van der Waals surface area (Å²) in [6.07, 6.45) is -5.08. The zero-order valence-electron chi connectivity index (χ0n) is 11.1. The number of carbonyl (C=O) groups is 1. The number of alkyl halides is 3. The highest BCUT2D eigenvalue weighted by atomic mass is 35.5. The summed E-state index contributed by atoms with van der Waals surface area (Å²) in [4.78, 5) is 12.8. The molecule has 1 fully saturated rings. The van der Waals surface area contributed by atoms with Crippen LogP contribution in [0.2, 0.25) is 0 Å². The fourth-order valence-corrected chi connectivity index (χ4v) is 1.95. The number of hydrogen-bond donors (Lipinski definition) is 1. The van der Waals surface area contributed by atoms with Crippen LogP contribution in [0.15, 0.2) is 30.3 Å². The molecule has 0 radical (unpaired) electrons. The lowest BCUT2D eigenvalue weighted by molar-refractivity contribution is -0.163. The predicted molar refractivity (Wildman–Crippen MR) is 73.3 cm³/mol. The van der Waals surface area contributed by atoms with Crippen LogP contribution in [0.5, 0.6) is 0 Å². The predicted octanol–water partition coefficient (Wildman–Crippen LogP) is 2.58. The Labute approximate surface area is 126 Å². The second kappa shape index (κ2) is 7.51. The van der Waals surface area contributed by atoms with Gasteiger partial charge in [0, 0.05) is 19.6 Å². The van der Waals surface area contributed by atoms with Crippen LogP contribution >= 0.6 is 12.4 Å². The van der Waals surface area contributed by atoms with Crippen LogP contribution in [-0.2, 0) is 11.3 Å². The van der Waals surface area contributed by atoms with Gasteiger partial charge in [0.2, 0.25) is 0 Å². The van der Waals surface area contributed by atoms with E-state index in [0.29, 0.717) is 0 Å². The Hall–Kier alpha value is -1.47. The Morgan fingerprint density at radius 1 is 1.33 bits per heavy atom. The molecule has 0 saturated carbocycles. The Balaban J connectivity index is 0.00000220. The molecule has 0 bridgehead atoms. The van der Waals surface area contributed by atoms with Crippen molar-refractivity contribution in [3.8, 4) is 0 Å². The maximum absolute atomic E-state index is 12.6. The maximum Gasteiger partial charge on any atom is 0.410 e. The number of nitrogens with zero attached hydrogens (tertiary/aromatic N) is 1. The van der Waals surface area contributed by atoms with Crippen LogP contribution < -0.4 is 5.32 Å². The Morgan fingerprint density at radius 2 is 2.00 bits per heavy atom. The van der Waals surface area contributed by atoms with Crippen LogP contribution in [0.25, 0.3) is 0 Å². The maximum atomic E-state index is 12.6. The van der Waals surface area contributed by atoms with Crippen molar-refractivity contribution in [2.45, 2.75) is 18.8 Å². The lowest BCUT2D eigenvalue weighted by atomic mass is 10.2. The van der Waals surface area contributed by atoms with Gasteiger partial charge in [0.05, 0.1) is 0 Å². The monoisotopic (exact) mass is 324 g/mol. The summed E-state index contributed by atoms with van der Waals surface area (Å²) in [6.45, 7) is -0.0533. The number of rotatable bonds is 2.